The van der Waals surface area contributed by atoms with E-state index in [0.717, 1.165) is 5.56 Å². The average molecular weight is 186 g/mol. The largest absolute Gasteiger partial charge is 0.507 e. The smallest absolute Gasteiger partial charge is 0.125 e. The van der Waals surface area contributed by atoms with Crippen LogP contribution in [0.4, 0.5) is 5.69 Å². The predicted molar refractivity (Wildman–Crippen MR) is 55.8 cm³/mol. The Kier molecular flexibility index (Phi) is 2.07. The minimum Gasteiger partial charge on any atom is -0.507 e. The van der Waals surface area contributed by atoms with Crippen molar-refractivity contribution in [3.63, 3.8) is 0 Å². The van der Waals surface area contributed by atoms with Crippen molar-refractivity contribution in [2.45, 2.75) is 0 Å². The van der Waals surface area contributed by atoms with E-state index in [1.54, 1.807) is 36.7 Å². The number of rotatable bonds is 1. The summed E-state index contributed by atoms with van der Waals surface area (Å²) < 4.78 is 0. The second-order valence-corrected chi connectivity index (χ2v) is 2.98. The number of hydrogen-bond acceptors (Lipinski definition) is 3. The molecule has 14 heavy (non-hydrogen) atoms. The standard InChI is InChI=1S/C11H10N2O/c12-9-4-1-5-10(14)11(9)8-3-2-6-13-7-8/h1-7,14H,12H2. The molecular formula is C11H10N2O. The fraction of sp³-hybridized carbons (Fsp3) is 0. The summed E-state index contributed by atoms with van der Waals surface area (Å²) in [5.41, 5.74) is 7.78. The summed E-state index contributed by atoms with van der Waals surface area (Å²) in [6.07, 6.45) is 3.35. The number of nitrogens with zero attached hydrogens (tertiary/aromatic N) is 1. The number of nitrogen functional groups attached to an aromatic ring is 1. The first kappa shape index (κ1) is 8.56. The van der Waals surface area contributed by atoms with Crippen LogP contribution < -0.4 is 5.73 Å². The van der Waals surface area contributed by atoms with Gasteiger partial charge in [0.05, 0.1) is 0 Å². The van der Waals surface area contributed by atoms with E-state index in [-0.39, 0.29) is 5.75 Å². The van der Waals surface area contributed by atoms with Crippen molar-refractivity contribution >= 4 is 5.69 Å². The molecule has 0 bridgehead atoms. The van der Waals surface area contributed by atoms with Gasteiger partial charge in [-0.1, -0.05) is 12.1 Å². The van der Waals surface area contributed by atoms with Gasteiger partial charge >= 0.3 is 0 Å². The zero-order chi connectivity index (χ0) is 9.97. The molecule has 3 N–H and O–H groups in total. The van der Waals surface area contributed by atoms with Gasteiger partial charge in [-0.3, -0.25) is 4.98 Å². The lowest BCUT2D eigenvalue weighted by Gasteiger charge is -2.06. The zero-order valence-corrected chi connectivity index (χ0v) is 7.51. The normalized spacial score (nSPS) is 10.0. The Hall–Kier alpha value is -2.03. The number of anilines is 1. The minimum atomic E-state index is 0.179. The van der Waals surface area contributed by atoms with Crippen molar-refractivity contribution < 1.29 is 5.11 Å². The van der Waals surface area contributed by atoms with Gasteiger partial charge in [-0.2, -0.15) is 0 Å². The van der Waals surface area contributed by atoms with Crippen molar-refractivity contribution in [1.29, 1.82) is 0 Å². The van der Waals surface area contributed by atoms with E-state index in [1.165, 1.54) is 0 Å². The second kappa shape index (κ2) is 3.38. The molecule has 0 aliphatic carbocycles. The van der Waals surface area contributed by atoms with Crippen molar-refractivity contribution in [3.8, 4) is 16.9 Å². The molecule has 0 unspecified atom stereocenters. The third-order valence-corrected chi connectivity index (χ3v) is 2.02. The van der Waals surface area contributed by atoms with Crippen molar-refractivity contribution in [2.24, 2.45) is 0 Å². The molecule has 0 saturated carbocycles. The summed E-state index contributed by atoms with van der Waals surface area (Å²) >= 11 is 0. The zero-order valence-electron chi connectivity index (χ0n) is 7.51. The lowest BCUT2D eigenvalue weighted by molar-refractivity contribution is 0.477. The van der Waals surface area contributed by atoms with E-state index >= 15 is 0 Å². The van der Waals surface area contributed by atoms with Crippen molar-refractivity contribution in [1.82, 2.24) is 4.98 Å². The molecule has 1 aromatic heterocycles. The van der Waals surface area contributed by atoms with Crippen LogP contribution >= 0.6 is 0 Å². The Morgan fingerprint density at radius 2 is 2.00 bits per heavy atom. The molecule has 0 aliphatic rings. The van der Waals surface area contributed by atoms with Gasteiger partial charge in [-0.05, 0) is 18.2 Å². The molecule has 3 heteroatoms. The lowest BCUT2D eigenvalue weighted by atomic mass is 10.0. The molecule has 0 aliphatic heterocycles. The molecule has 0 radical (unpaired) electrons. The first-order chi connectivity index (χ1) is 6.79. The number of aromatic hydroxyl groups is 1. The van der Waals surface area contributed by atoms with Gasteiger partial charge in [0.1, 0.15) is 5.75 Å². The van der Waals surface area contributed by atoms with Crippen LogP contribution in [0.15, 0.2) is 42.7 Å². The number of benzene rings is 1. The highest BCUT2D eigenvalue weighted by atomic mass is 16.3. The van der Waals surface area contributed by atoms with Crippen LogP contribution in [0.25, 0.3) is 11.1 Å². The van der Waals surface area contributed by atoms with Crippen LogP contribution in [0.2, 0.25) is 0 Å². The highest BCUT2D eigenvalue weighted by Crippen LogP contribution is 2.33. The Morgan fingerprint density at radius 3 is 2.64 bits per heavy atom. The molecule has 0 amide bonds. The lowest BCUT2D eigenvalue weighted by Crippen LogP contribution is -1.90. The summed E-state index contributed by atoms with van der Waals surface area (Å²) in [5.74, 6) is 0.179. The van der Waals surface area contributed by atoms with Crippen LogP contribution in [0.1, 0.15) is 0 Å². The van der Waals surface area contributed by atoms with E-state index in [0.29, 0.717) is 11.3 Å². The number of pyridine rings is 1. The Bertz CT molecular complexity index is 420. The van der Waals surface area contributed by atoms with Gasteiger partial charge in [-0.15, -0.1) is 0 Å². The highest BCUT2D eigenvalue weighted by molar-refractivity contribution is 5.80. The molecule has 0 saturated heterocycles. The number of aromatic nitrogens is 1. The topological polar surface area (TPSA) is 59.1 Å². The fourth-order valence-electron chi connectivity index (χ4n) is 1.38. The Morgan fingerprint density at radius 1 is 1.14 bits per heavy atom. The van der Waals surface area contributed by atoms with E-state index < -0.39 is 0 Å². The van der Waals surface area contributed by atoms with Crippen molar-refractivity contribution in [3.05, 3.63) is 42.7 Å². The minimum absolute atomic E-state index is 0.179. The second-order valence-electron chi connectivity index (χ2n) is 2.98. The number of nitrogens with two attached hydrogens (primary N) is 1. The molecule has 2 aromatic rings. The van der Waals surface area contributed by atoms with E-state index in [2.05, 4.69) is 4.98 Å². The Labute approximate surface area is 81.8 Å². The third-order valence-electron chi connectivity index (χ3n) is 2.02. The summed E-state index contributed by atoms with van der Waals surface area (Å²) in [4.78, 5) is 3.98. The van der Waals surface area contributed by atoms with Gasteiger partial charge in [0, 0.05) is 29.2 Å². The van der Waals surface area contributed by atoms with E-state index in [9.17, 15) is 5.11 Å². The highest BCUT2D eigenvalue weighted by Gasteiger charge is 2.06. The number of phenols is 1. The van der Waals surface area contributed by atoms with E-state index in [4.69, 9.17) is 5.73 Å². The van der Waals surface area contributed by atoms with Crippen LogP contribution in [-0.2, 0) is 0 Å². The van der Waals surface area contributed by atoms with Gasteiger partial charge in [0.25, 0.3) is 0 Å². The molecule has 1 heterocycles. The van der Waals surface area contributed by atoms with Gasteiger partial charge < -0.3 is 10.8 Å². The van der Waals surface area contributed by atoms with Gasteiger partial charge in [0.15, 0.2) is 0 Å². The molecule has 0 fully saturated rings. The molecule has 0 atom stereocenters. The van der Waals surface area contributed by atoms with Crippen molar-refractivity contribution in [2.75, 3.05) is 5.73 Å². The van der Waals surface area contributed by atoms with Gasteiger partial charge in [-0.25, -0.2) is 0 Å². The summed E-state index contributed by atoms with van der Waals surface area (Å²) in [6.45, 7) is 0. The average Bonchev–Trinajstić information content (AvgIpc) is 2.19. The summed E-state index contributed by atoms with van der Waals surface area (Å²) in [5, 5.41) is 9.64. The quantitative estimate of drug-likeness (QED) is 0.670. The maximum Gasteiger partial charge on any atom is 0.125 e. The fourth-order valence-corrected chi connectivity index (χ4v) is 1.38. The number of phenolic OH excluding ortho intramolecular Hbond substituents is 1. The molecule has 70 valence electrons. The molecule has 3 nitrogen and oxygen atoms in total. The van der Waals surface area contributed by atoms with Crippen LogP contribution in [0.3, 0.4) is 0 Å². The van der Waals surface area contributed by atoms with Crippen LogP contribution in [0, 0.1) is 0 Å². The molecule has 2 rings (SSSR count). The maximum atomic E-state index is 9.64. The van der Waals surface area contributed by atoms with Gasteiger partial charge in [0.2, 0.25) is 0 Å². The monoisotopic (exact) mass is 186 g/mol. The molecule has 1 aromatic carbocycles. The first-order valence-corrected chi connectivity index (χ1v) is 4.27. The first-order valence-electron chi connectivity index (χ1n) is 4.27. The maximum absolute atomic E-state index is 9.64. The van der Waals surface area contributed by atoms with E-state index in [1.807, 2.05) is 6.07 Å². The third kappa shape index (κ3) is 1.40. The summed E-state index contributed by atoms with van der Waals surface area (Å²) in [7, 11) is 0. The SMILES string of the molecule is Nc1cccc(O)c1-c1cccnc1. The van der Waals surface area contributed by atoms with Crippen LogP contribution in [0.5, 0.6) is 5.75 Å². The summed E-state index contributed by atoms with van der Waals surface area (Å²) in [6, 6.07) is 8.74. The Balaban J connectivity index is 2.63. The molecular weight excluding hydrogens is 176 g/mol. The van der Waals surface area contributed by atoms with Crippen LogP contribution in [-0.4, -0.2) is 10.1 Å². The predicted octanol–water partition coefficient (Wildman–Crippen LogP) is 2.04. The molecule has 0 spiro atoms. The number of hydrogen-bond donors (Lipinski definition) is 2.